The van der Waals surface area contributed by atoms with Gasteiger partial charge in [-0.3, -0.25) is 4.79 Å². The van der Waals surface area contributed by atoms with E-state index in [1.54, 1.807) is 12.0 Å². The number of benzene rings is 1. The molecular formula is C13H17BrN2O4S. The SMILES string of the molecule is COCC1CCN(C(=O)c2cc(S(N)(=O)=O)ccc2Br)C1. The molecule has 1 aromatic carbocycles. The second-order valence-electron chi connectivity index (χ2n) is 5.05. The van der Waals surface area contributed by atoms with E-state index in [4.69, 9.17) is 9.88 Å². The number of sulfonamides is 1. The Morgan fingerprint density at radius 2 is 2.24 bits per heavy atom. The number of carbonyl (C=O) groups excluding carboxylic acids is 1. The molecule has 6 nitrogen and oxygen atoms in total. The molecule has 1 saturated heterocycles. The van der Waals surface area contributed by atoms with E-state index >= 15 is 0 Å². The van der Waals surface area contributed by atoms with Gasteiger partial charge in [-0.2, -0.15) is 0 Å². The zero-order valence-electron chi connectivity index (χ0n) is 11.6. The maximum atomic E-state index is 12.5. The molecule has 1 heterocycles. The fourth-order valence-electron chi connectivity index (χ4n) is 2.40. The molecule has 2 N–H and O–H groups in total. The van der Waals surface area contributed by atoms with E-state index < -0.39 is 10.0 Å². The Kier molecular flexibility index (Phi) is 5.03. The summed E-state index contributed by atoms with van der Waals surface area (Å²) in [5.74, 6) is 0.116. The summed E-state index contributed by atoms with van der Waals surface area (Å²) < 4.78 is 28.5. The quantitative estimate of drug-likeness (QED) is 0.854. The molecule has 2 rings (SSSR count). The van der Waals surface area contributed by atoms with Crippen molar-refractivity contribution in [2.24, 2.45) is 11.1 Å². The molecule has 1 aliphatic heterocycles. The van der Waals surface area contributed by atoms with Crippen LogP contribution >= 0.6 is 15.9 Å². The van der Waals surface area contributed by atoms with Crippen LogP contribution in [0.15, 0.2) is 27.6 Å². The molecule has 8 heteroatoms. The Bertz CT molecular complexity index is 648. The van der Waals surface area contributed by atoms with Crippen molar-refractivity contribution in [3.05, 3.63) is 28.2 Å². The number of nitrogens with two attached hydrogens (primary N) is 1. The lowest BCUT2D eigenvalue weighted by Crippen LogP contribution is -2.29. The summed E-state index contributed by atoms with van der Waals surface area (Å²) in [4.78, 5) is 14.2. The van der Waals surface area contributed by atoms with E-state index in [9.17, 15) is 13.2 Å². The smallest absolute Gasteiger partial charge is 0.255 e. The molecule has 1 amide bonds. The number of ether oxygens (including phenoxy) is 1. The second kappa shape index (κ2) is 6.43. The van der Waals surface area contributed by atoms with Gasteiger partial charge >= 0.3 is 0 Å². The minimum Gasteiger partial charge on any atom is -0.384 e. The summed E-state index contributed by atoms with van der Waals surface area (Å²) in [7, 11) is -2.19. The van der Waals surface area contributed by atoms with Crippen LogP contribution in [0.4, 0.5) is 0 Å². The van der Waals surface area contributed by atoms with Gasteiger partial charge in [-0.1, -0.05) is 0 Å². The van der Waals surface area contributed by atoms with Crippen LogP contribution in [0.5, 0.6) is 0 Å². The number of hydrogen-bond acceptors (Lipinski definition) is 4. The zero-order chi connectivity index (χ0) is 15.6. The lowest BCUT2D eigenvalue weighted by Gasteiger charge is -2.17. The van der Waals surface area contributed by atoms with Crippen LogP contribution in [0.25, 0.3) is 0 Å². The third kappa shape index (κ3) is 3.82. The minimum absolute atomic E-state index is 0.0679. The van der Waals surface area contributed by atoms with Gasteiger partial charge in [0.1, 0.15) is 0 Å². The number of methoxy groups -OCH3 is 1. The molecule has 0 radical (unpaired) electrons. The molecule has 21 heavy (non-hydrogen) atoms. The monoisotopic (exact) mass is 376 g/mol. The number of halogens is 1. The van der Waals surface area contributed by atoms with E-state index in [1.807, 2.05) is 0 Å². The van der Waals surface area contributed by atoms with E-state index in [1.165, 1.54) is 18.2 Å². The highest BCUT2D eigenvalue weighted by atomic mass is 79.9. The average molecular weight is 377 g/mol. The standard InChI is InChI=1S/C13H17BrN2O4S/c1-20-8-9-4-5-16(7-9)13(17)11-6-10(21(15,18)19)2-3-12(11)14/h2-3,6,9H,4-5,7-8H2,1H3,(H2,15,18,19). The molecule has 116 valence electrons. The first-order chi connectivity index (χ1) is 9.82. The molecule has 1 fully saturated rings. The lowest BCUT2D eigenvalue weighted by atomic mass is 10.1. The van der Waals surface area contributed by atoms with Crippen molar-refractivity contribution in [2.45, 2.75) is 11.3 Å². The van der Waals surface area contributed by atoms with E-state index in [2.05, 4.69) is 15.9 Å². The summed E-state index contributed by atoms with van der Waals surface area (Å²) in [6.45, 7) is 1.86. The van der Waals surface area contributed by atoms with Crippen molar-refractivity contribution in [3.8, 4) is 0 Å². The highest BCUT2D eigenvalue weighted by molar-refractivity contribution is 9.10. The van der Waals surface area contributed by atoms with Crippen LogP contribution in [0.3, 0.4) is 0 Å². The predicted octanol–water partition coefficient (Wildman–Crippen LogP) is 1.21. The molecule has 0 aliphatic carbocycles. The van der Waals surface area contributed by atoms with Gasteiger partial charge in [0.25, 0.3) is 5.91 Å². The summed E-state index contributed by atoms with van der Waals surface area (Å²) in [6, 6.07) is 4.20. The normalized spacial score (nSPS) is 19.0. The predicted molar refractivity (Wildman–Crippen MR) is 81.4 cm³/mol. The van der Waals surface area contributed by atoms with E-state index in [0.29, 0.717) is 35.7 Å². The van der Waals surface area contributed by atoms with E-state index in [0.717, 1.165) is 6.42 Å². The highest BCUT2D eigenvalue weighted by Gasteiger charge is 2.28. The molecule has 0 bridgehead atoms. The minimum atomic E-state index is -3.83. The molecule has 1 aliphatic rings. The van der Waals surface area contributed by atoms with Crippen LogP contribution in [0.2, 0.25) is 0 Å². The highest BCUT2D eigenvalue weighted by Crippen LogP contribution is 2.25. The van der Waals surface area contributed by atoms with Crippen LogP contribution < -0.4 is 5.14 Å². The number of hydrogen-bond donors (Lipinski definition) is 1. The topological polar surface area (TPSA) is 89.7 Å². The Morgan fingerprint density at radius 1 is 1.52 bits per heavy atom. The van der Waals surface area contributed by atoms with Crippen molar-refractivity contribution in [1.29, 1.82) is 0 Å². The van der Waals surface area contributed by atoms with Crippen molar-refractivity contribution in [3.63, 3.8) is 0 Å². The number of carbonyl (C=O) groups is 1. The van der Waals surface area contributed by atoms with Gasteiger partial charge in [0.2, 0.25) is 10.0 Å². The lowest BCUT2D eigenvalue weighted by molar-refractivity contribution is 0.0774. The van der Waals surface area contributed by atoms with Crippen LogP contribution in [0.1, 0.15) is 16.8 Å². The number of likely N-dealkylation sites (tertiary alicyclic amines) is 1. The summed E-state index contributed by atoms with van der Waals surface area (Å²) in [6.07, 6.45) is 0.881. The van der Waals surface area contributed by atoms with Crippen LogP contribution in [-0.2, 0) is 14.8 Å². The Morgan fingerprint density at radius 3 is 2.86 bits per heavy atom. The van der Waals surface area contributed by atoms with Gasteiger partial charge < -0.3 is 9.64 Å². The third-order valence-corrected chi connectivity index (χ3v) is 5.07. The zero-order valence-corrected chi connectivity index (χ0v) is 14.0. The number of amides is 1. The molecule has 0 saturated carbocycles. The summed E-state index contributed by atoms with van der Waals surface area (Å²) >= 11 is 3.28. The Balaban J connectivity index is 2.24. The van der Waals surface area contributed by atoms with E-state index in [-0.39, 0.29) is 10.8 Å². The average Bonchev–Trinajstić information content (AvgIpc) is 2.86. The first-order valence-corrected chi connectivity index (χ1v) is 8.77. The fourth-order valence-corrected chi connectivity index (χ4v) is 3.36. The van der Waals surface area contributed by atoms with Gasteiger partial charge in [-0.25, -0.2) is 13.6 Å². The van der Waals surface area contributed by atoms with Gasteiger partial charge in [0.05, 0.1) is 17.1 Å². The molecule has 0 aromatic heterocycles. The third-order valence-electron chi connectivity index (χ3n) is 3.47. The summed E-state index contributed by atoms with van der Waals surface area (Å²) in [5, 5.41) is 5.11. The van der Waals surface area contributed by atoms with Gasteiger partial charge in [-0.15, -0.1) is 0 Å². The fraction of sp³-hybridized carbons (Fsp3) is 0.462. The molecule has 1 atom stereocenters. The van der Waals surface area contributed by atoms with Gasteiger partial charge in [-0.05, 0) is 40.5 Å². The maximum Gasteiger partial charge on any atom is 0.255 e. The second-order valence-corrected chi connectivity index (χ2v) is 7.46. The first-order valence-electron chi connectivity index (χ1n) is 6.43. The molecule has 0 spiro atoms. The molecule has 1 aromatic rings. The van der Waals surface area contributed by atoms with Crippen LogP contribution in [0, 0.1) is 5.92 Å². The van der Waals surface area contributed by atoms with Gasteiger partial charge in [0, 0.05) is 30.6 Å². The maximum absolute atomic E-state index is 12.5. The van der Waals surface area contributed by atoms with Crippen molar-refractivity contribution in [2.75, 3.05) is 26.8 Å². The van der Waals surface area contributed by atoms with Crippen molar-refractivity contribution >= 4 is 31.9 Å². The Labute approximate surface area is 132 Å². The van der Waals surface area contributed by atoms with Crippen molar-refractivity contribution < 1.29 is 17.9 Å². The summed E-state index contributed by atoms with van der Waals surface area (Å²) in [5.41, 5.74) is 0.305. The van der Waals surface area contributed by atoms with Crippen molar-refractivity contribution in [1.82, 2.24) is 4.90 Å². The van der Waals surface area contributed by atoms with Gasteiger partial charge in [0.15, 0.2) is 0 Å². The molecule has 1 unspecified atom stereocenters. The number of primary sulfonamides is 1. The number of rotatable bonds is 4. The first kappa shape index (κ1) is 16.4. The molecular weight excluding hydrogens is 360 g/mol. The Hall–Kier alpha value is -0.960. The largest absolute Gasteiger partial charge is 0.384 e. The van der Waals surface area contributed by atoms with Crippen LogP contribution in [-0.4, -0.2) is 46.0 Å². The number of nitrogens with zero attached hydrogens (tertiary/aromatic N) is 1.